The Balaban J connectivity index is 1.64. The summed E-state index contributed by atoms with van der Waals surface area (Å²) in [7, 11) is 1.77. The molecule has 9 heteroatoms. The molecule has 1 fully saturated rings. The van der Waals surface area contributed by atoms with Crippen molar-refractivity contribution < 1.29 is 9.53 Å². The van der Waals surface area contributed by atoms with Gasteiger partial charge in [-0.25, -0.2) is 9.78 Å². The number of carbonyl (C=O) groups is 1. The molecule has 2 N–H and O–H groups in total. The normalized spacial score (nSPS) is 16.2. The SMILES string of the molecule is CCc1cnc(CNC(=NC)NCCN2CCN(C(=O)OC(C)(C)C)CC2)s1. The molecule has 0 spiro atoms. The average molecular weight is 411 g/mol. The maximum atomic E-state index is 12.1. The fourth-order valence-corrected chi connectivity index (χ4v) is 3.59. The Hall–Kier alpha value is -1.87. The number of carbonyl (C=O) groups excluding carboxylic acids is 1. The Morgan fingerprint density at radius 3 is 2.57 bits per heavy atom. The second-order valence-electron chi connectivity index (χ2n) is 7.74. The third kappa shape index (κ3) is 7.63. The van der Waals surface area contributed by atoms with Crippen LogP contribution in [0.15, 0.2) is 11.2 Å². The zero-order chi connectivity index (χ0) is 20.6. The minimum absolute atomic E-state index is 0.219. The van der Waals surface area contributed by atoms with Gasteiger partial charge in [-0.1, -0.05) is 6.92 Å². The zero-order valence-electron chi connectivity index (χ0n) is 17.7. The molecule has 1 saturated heterocycles. The number of rotatable bonds is 6. The Morgan fingerprint density at radius 2 is 2.00 bits per heavy atom. The van der Waals surface area contributed by atoms with Gasteiger partial charge in [-0.15, -0.1) is 11.3 Å². The lowest BCUT2D eigenvalue weighted by molar-refractivity contribution is 0.0147. The van der Waals surface area contributed by atoms with Crippen LogP contribution in [0.4, 0.5) is 4.79 Å². The molecule has 0 radical (unpaired) electrons. The molecule has 1 aliphatic heterocycles. The highest BCUT2D eigenvalue weighted by Crippen LogP contribution is 2.13. The highest BCUT2D eigenvalue weighted by atomic mass is 32.1. The van der Waals surface area contributed by atoms with E-state index in [1.807, 2.05) is 27.0 Å². The van der Waals surface area contributed by atoms with Crippen LogP contribution in [-0.2, 0) is 17.7 Å². The molecule has 158 valence electrons. The molecule has 1 aromatic rings. The van der Waals surface area contributed by atoms with E-state index in [-0.39, 0.29) is 6.09 Å². The summed E-state index contributed by atoms with van der Waals surface area (Å²) in [6, 6.07) is 0. The maximum Gasteiger partial charge on any atom is 0.410 e. The van der Waals surface area contributed by atoms with Crippen molar-refractivity contribution >= 4 is 23.4 Å². The number of hydrogen-bond donors (Lipinski definition) is 2. The van der Waals surface area contributed by atoms with E-state index < -0.39 is 5.60 Å². The second-order valence-corrected chi connectivity index (χ2v) is 8.94. The number of nitrogens with zero attached hydrogens (tertiary/aromatic N) is 4. The van der Waals surface area contributed by atoms with E-state index in [1.54, 1.807) is 23.3 Å². The maximum absolute atomic E-state index is 12.1. The number of aliphatic imine (C=N–C) groups is 1. The van der Waals surface area contributed by atoms with E-state index in [2.05, 4.69) is 32.4 Å². The number of amides is 1. The van der Waals surface area contributed by atoms with Crippen LogP contribution >= 0.6 is 11.3 Å². The van der Waals surface area contributed by atoms with Gasteiger partial charge in [0.1, 0.15) is 10.6 Å². The van der Waals surface area contributed by atoms with Crippen LogP contribution < -0.4 is 10.6 Å². The van der Waals surface area contributed by atoms with Crippen LogP contribution in [0, 0.1) is 0 Å². The van der Waals surface area contributed by atoms with Crippen LogP contribution in [-0.4, -0.2) is 78.8 Å². The fraction of sp³-hybridized carbons (Fsp3) is 0.737. The van der Waals surface area contributed by atoms with E-state index in [0.717, 1.165) is 43.6 Å². The number of hydrogen-bond acceptors (Lipinski definition) is 6. The topological polar surface area (TPSA) is 82.1 Å². The quantitative estimate of drug-likeness (QED) is 0.551. The van der Waals surface area contributed by atoms with E-state index in [9.17, 15) is 4.79 Å². The molecule has 2 rings (SSSR count). The minimum atomic E-state index is -0.447. The summed E-state index contributed by atoms with van der Waals surface area (Å²) in [4.78, 5) is 26.2. The van der Waals surface area contributed by atoms with Crippen molar-refractivity contribution in [2.45, 2.75) is 46.3 Å². The number of piperazine rings is 1. The third-order valence-electron chi connectivity index (χ3n) is 4.33. The van der Waals surface area contributed by atoms with E-state index in [0.29, 0.717) is 19.6 Å². The largest absolute Gasteiger partial charge is 0.444 e. The molecular formula is C19H34N6O2S. The second kappa shape index (κ2) is 10.6. The summed E-state index contributed by atoms with van der Waals surface area (Å²) in [5.41, 5.74) is -0.447. The lowest BCUT2D eigenvalue weighted by Gasteiger charge is -2.35. The molecular weight excluding hydrogens is 376 g/mol. The summed E-state index contributed by atoms with van der Waals surface area (Å²) in [6.07, 6.45) is 2.74. The first-order valence-electron chi connectivity index (χ1n) is 9.89. The summed E-state index contributed by atoms with van der Waals surface area (Å²) >= 11 is 1.73. The lowest BCUT2D eigenvalue weighted by atomic mass is 10.2. The van der Waals surface area contributed by atoms with Gasteiger partial charge in [0, 0.05) is 57.4 Å². The predicted molar refractivity (Wildman–Crippen MR) is 114 cm³/mol. The van der Waals surface area contributed by atoms with Gasteiger partial charge in [-0.05, 0) is 27.2 Å². The van der Waals surface area contributed by atoms with Gasteiger partial charge >= 0.3 is 6.09 Å². The number of guanidine groups is 1. The lowest BCUT2D eigenvalue weighted by Crippen LogP contribution is -2.51. The van der Waals surface area contributed by atoms with Gasteiger partial charge in [-0.2, -0.15) is 0 Å². The molecule has 0 aliphatic carbocycles. The predicted octanol–water partition coefficient (Wildman–Crippen LogP) is 1.92. The molecule has 8 nitrogen and oxygen atoms in total. The highest BCUT2D eigenvalue weighted by molar-refractivity contribution is 7.11. The van der Waals surface area contributed by atoms with Gasteiger partial charge < -0.3 is 20.3 Å². The average Bonchev–Trinajstić information content (AvgIpc) is 3.11. The Morgan fingerprint density at radius 1 is 1.29 bits per heavy atom. The minimum Gasteiger partial charge on any atom is -0.444 e. The van der Waals surface area contributed by atoms with Crippen molar-refractivity contribution in [3.8, 4) is 0 Å². The van der Waals surface area contributed by atoms with E-state index in [1.165, 1.54) is 4.88 Å². The molecule has 0 unspecified atom stereocenters. The smallest absolute Gasteiger partial charge is 0.410 e. The summed E-state index contributed by atoms with van der Waals surface area (Å²) in [5, 5.41) is 7.71. The number of nitrogens with one attached hydrogen (secondary N) is 2. The monoisotopic (exact) mass is 410 g/mol. The summed E-state index contributed by atoms with van der Waals surface area (Å²) < 4.78 is 5.44. The van der Waals surface area contributed by atoms with Crippen molar-refractivity contribution in [1.82, 2.24) is 25.4 Å². The first-order valence-corrected chi connectivity index (χ1v) is 10.7. The number of aromatic nitrogens is 1. The van der Waals surface area contributed by atoms with Crippen LogP contribution in [0.5, 0.6) is 0 Å². The van der Waals surface area contributed by atoms with Gasteiger partial charge in [-0.3, -0.25) is 9.89 Å². The molecule has 1 aromatic heterocycles. The van der Waals surface area contributed by atoms with Gasteiger partial charge in [0.15, 0.2) is 5.96 Å². The van der Waals surface area contributed by atoms with Gasteiger partial charge in [0.05, 0.1) is 6.54 Å². The van der Waals surface area contributed by atoms with Crippen molar-refractivity contribution in [3.63, 3.8) is 0 Å². The first kappa shape index (κ1) is 22.4. The molecule has 2 heterocycles. The van der Waals surface area contributed by atoms with Crippen molar-refractivity contribution in [3.05, 3.63) is 16.1 Å². The van der Waals surface area contributed by atoms with Crippen LogP contribution in [0.2, 0.25) is 0 Å². The van der Waals surface area contributed by atoms with Gasteiger partial charge in [0.25, 0.3) is 0 Å². The van der Waals surface area contributed by atoms with Crippen LogP contribution in [0.1, 0.15) is 37.6 Å². The number of aryl methyl sites for hydroxylation is 1. The van der Waals surface area contributed by atoms with Crippen LogP contribution in [0.3, 0.4) is 0 Å². The van der Waals surface area contributed by atoms with E-state index in [4.69, 9.17) is 4.74 Å². The van der Waals surface area contributed by atoms with Gasteiger partial charge in [0.2, 0.25) is 0 Å². The molecule has 1 aliphatic rings. The molecule has 1 amide bonds. The van der Waals surface area contributed by atoms with E-state index >= 15 is 0 Å². The van der Waals surface area contributed by atoms with Crippen molar-refractivity contribution in [2.75, 3.05) is 46.3 Å². The summed E-state index contributed by atoms with van der Waals surface area (Å²) in [6.45, 7) is 13.3. The molecule has 0 bridgehead atoms. The third-order valence-corrected chi connectivity index (χ3v) is 5.47. The Bertz CT molecular complexity index is 647. The number of ether oxygens (including phenoxy) is 1. The van der Waals surface area contributed by atoms with Crippen LogP contribution in [0.25, 0.3) is 0 Å². The number of thiazole rings is 1. The molecule has 28 heavy (non-hydrogen) atoms. The standard InChI is InChI=1S/C19H34N6O2S/c1-6-15-13-22-16(28-15)14-23-17(20-5)21-7-8-24-9-11-25(12-10-24)18(26)27-19(2,3)4/h13H,6-12,14H2,1-5H3,(H2,20,21,23). The summed E-state index contributed by atoms with van der Waals surface area (Å²) in [5.74, 6) is 0.778. The van der Waals surface area contributed by atoms with Crippen molar-refractivity contribution in [2.24, 2.45) is 4.99 Å². The van der Waals surface area contributed by atoms with Crippen molar-refractivity contribution in [1.29, 1.82) is 0 Å². The zero-order valence-corrected chi connectivity index (χ0v) is 18.6. The molecule has 0 atom stereocenters. The Labute approximate surface area is 172 Å². The molecule has 0 saturated carbocycles. The fourth-order valence-electron chi connectivity index (χ4n) is 2.79. The Kier molecular flexibility index (Phi) is 8.50. The first-order chi connectivity index (χ1) is 13.3. The molecule has 0 aromatic carbocycles. The highest BCUT2D eigenvalue weighted by Gasteiger charge is 2.25.